The molecule has 6 aliphatic rings. The standard InChI is InChI=1S/C23H26N2O4/c1-27-16-8-14-15(9-17(16)28-2)25-20(26)10-18-21-13-7-19-23(14,22(21)25)4-5-24(19)11-12(13)3-6-29-18/h3,8-9,13,18-19,21-22H,4-7,10-11H2,1-2H3/t13-,18-,19+,21+,22+,23+/m1/s1. The third kappa shape index (κ3) is 1.76. The number of benzene rings is 1. The average molecular weight is 394 g/mol. The number of carbonyl (C=O) groups is 1. The second kappa shape index (κ2) is 5.35. The van der Waals surface area contributed by atoms with Crippen LogP contribution in [0.5, 0.6) is 11.5 Å². The molecule has 0 unspecified atom stereocenters. The number of hydrogen-bond acceptors (Lipinski definition) is 5. The quantitative estimate of drug-likeness (QED) is 0.719. The van der Waals surface area contributed by atoms with Gasteiger partial charge in [-0.25, -0.2) is 0 Å². The van der Waals surface area contributed by atoms with E-state index in [2.05, 4.69) is 21.9 Å². The minimum Gasteiger partial charge on any atom is -0.493 e. The first-order valence-electron chi connectivity index (χ1n) is 10.8. The first-order chi connectivity index (χ1) is 14.2. The van der Waals surface area contributed by atoms with Crippen LogP contribution >= 0.6 is 0 Å². The summed E-state index contributed by atoms with van der Waals surface area (Å²) < 4.78 is 17.6. The van der Waals surface area contributed by atoms with Gasteiger partial charge in [0, 0.05) is 30.0 Å². The molecule has 6 heteroatoms. The zero-order chi connectivity index (χ0) is 19.5. The minimum atomic E-state index is -0.0242. The van der Waals surface area contributed by atoms with Gasteiger partial charge in [-0.05, 0) is 36.9 Å². The Hall–Kier alpha value is -2.05. The number of rotatable bonds is 2. The van der Waals surface area contributed by atoms with Crippen molar-refractivity contribution >= 4 is 11.6 Å². The van der Waals surface area contributed by atoms with Crippen LogP contribution < -0.4 is 14.4 Å². The molecule has 5 heterocycles. The Morgan fingerprint density at radius 3 is 2.86 bits per heavy atom. The first kappa shape index (κ1) is 16.7. The highest BCUT2D eigenvalue weighted by molar-refractivity contribution is 5.99. The van der Waals surface area contributed by atoms with Crippen LogP contribution in [0.3, 0.4) is 0 Å². The van der Waals surface area contributed by atoms with E-state index in [1.165, 1.54) is 12.0 Å². The van der Waals surface area contributed by atoms with Crippen LogP contribution in [-0.2, 0) is 14.9 Å². The van der Waals surface area contributed by atoms with Gasteiger partial charge in [-0.1, -0.05) is 11.6 Å². The predicted octanol–water partition coefficient (Wildman–Crippen LogP) is 2.11. The van der Waals surface area contributed by atoms with Gasteiger partial charge >= 0.3 is 0 Å². The highest BCUT2D eigenvalue weighted by atomic mass is 16.5. The van der Waals surface area contributed by atoms with Crippen LogP contribution in [0.2, 0.25) is 0 Å². The van der Waals surface area contributed by atoms with Crippen molar-refractivity contribution in [1.29, 1.82) is 0 Å². The lowest BCUT2D eigenvalue weighted by Crippen LogP contribution is -2.69. The number of fused-ring (bicyclic) bond motifs is 2. The lowest BCUT2D eigenvalue weighted by molar-refractivity contribution is -0.132. The van der Waals surface area contributed by atoms with Gasteiger partial charge in [-0.2, -0.15) is 0 Å². The van der Waals surface area contributed by atoms with E-state index in [9.17, 15) is 4.79 Å². The van der Waals surface area contributed by atoms with Crippen LogP contribution in [0, 0.1) is 11.8 Å². The van der Waals surface area contributed by atoms with E-state index in [1.807, 2.05) is 6.07 Å². The summed E-state index contributed by atoms with van der Waals surface area (Å²) in [5.41, 5.74) is 3.85. The maximum absolute atomic E-state index is 13.5. The Morgan fingerprint density at radius 2 is 2.03 bits per heavy atom. The molecule has 2 bridgehead atoms. The number of carbonyl (C=O) groups excluding carboxylic acids is 1. The number of nitrogens with zero attached hydrogens (tertiary/aromatic N) is 2. The van der Waals surface area contributed by atoms with Crippen molar-refractivity contribution in [1.82, 2.24) is 4.90 Å². The minimum absolute atomic E-state index is 0.0242. The molecule has 1 aromatic rings. The van der Waals surface area contributed by atoms with Gasteiger partial charge in [-0.15, -0.1) is 0 Å². The summed E-state index contributed by atoms with van der Waals surface area (Å²) in [7, 11) is 3.36. The maximum atomic E-state index is 13.5. The number of anilines is 1. The van der Waals surface area contributed by atoms with Crippen LogP contribution in [0.15, 0.2) is 23.8 Å². The number of amides is 1. The Morgan fingerprint density at radius 1 is 1.21 bits per heavy atom. The second-order valence-corrected chi connectivity index (χ2v) is 9.48. The molecule has 1 aromatic carbocycles. The van der Waals surface area contributed by atoms with Crippen molar-refractivity contribution in [2.75, 3.05) is 38.8 Å². The van der Waals surface area contributed by atoms with E-state index in [-0.39, 0.29) is 23.5 Å². The summed E-state index contributed by atoms with van der Waals surface area (Å²) in [5.74, 6) is 2.57. The van der Waals surface area contributed by atoms with Crippen LogP contribution in [-0.4, -0.2) is 62.9 Å². The smallest absolute Gasteiger partial charge is 0.229 e. The molecule has 1 aliphatic carbocycles. The van der Waals surface area contributed by atoms with E-state index in [4.69, 9.17) is 14.2 Å². The van der Waals surface area contributed by atoms with Crippen LogP contribution in [0.4, 0.5) is 5.69 Å². The van der Waals surface area contributed by atoms with Crippen molar-refractivity contribution in [2.24, 2.45) is 11.8 Å². The van der Waals surface area contributed by atoms with E-state index in [0.717, 1.165) is 30.9 Å². The molecule has 1 amide bonds. The summed E-state index contributed by atoms with van der Waals surface area (Å²) in [6, 6.07) is 4.87. The summed E-state index contributed by atoms with van der Waals surface area (Å²) >= 11 is 0. The van der Waals surface area contributed by atoms with Crippen LogP contribution in [0.25, 0.3) is 0 Å². The third-order valence-electron chi connectivity index (χ3n) is 8.81. The van der Waals surface area contributed by atoms with Gasteiger partial charge < -0.3 is 19.1 Å². The molecular weight excluding hydrogens is 368 g/mol. The Balaban J connectivity index is 1.52. The predicted molar refractivity (Wildman–Crippen MR) is 107 cm³/mol. The Bertz CT molecular complexity index is 974. The largest absolute Gasteiger partial charge is 0.493 e. The summed E-state index contributed by atoms with van der Waals surface area (Å²) in [5, 5.41) is 0. The maximum Gasteiger partial charge on any atom is 0.229 e. The van der Waals surface area contributed by atoms with E-state index < -0.39 is 0 Å². The molecule has 1 saturated carbocycles. The molecule has 0 N–H and O–H groups in total. The monoisotopic (exact) mass is 394 g/mol. The summed E-state index contributed by atoms with van der Waals surface area (Å²) in [4.78, 5) is 18.3. The topological polar surface area (TPSA) is 51.2 Å². The van der Waals surface area contributed by atoms with Crippen LogP contribution in [0.1, 0.15) is 24.8 Å². The zero-order valence-electron chi connectivity index (χ0n) is 16.9. The van der Waals surface area contributed by atoms with Gasteiger partial charge in [0.2, 0.25) is 5.91 Å². The highest BCUT2D eigenvalue weighted by Gasteiger charge is 2.71. The fourth-order valence-electron chi connectivity index (χ4n) is 7.87. The number of piperidine rings is 2. The van der Waals surface area contributed by atoms with E-state index in [1.54, 1.807) is 19.8 Å². The molecule has 0 aromatic heterocycles. The lowest BCUT2D eigenvalue weighted by Gasteiger charge is -2.58. The number of methoxy groups -OCH3 is 2. The van der Waals surface area contributed by atoms with Gasteiger partial charge in [-0.3, -0.25) is 9.69 Å². The molecule has 3 saturated heterocycles. The van der Waals surface area contributed by atoms with Crippen molar-refractivity contribution in [3.8, 4) is 11.5 Å². The third-order valence-corrected chi connectivity index (χ3v) is 8.81. The molecule has 5 aliphatic heterocycles. The molecule has 1 spiro atoms. The summed E-state index contributed by atoms with van der Waals surface area (Å²) in [6.07, 6.45) is 5.11. The molecule has 6 atom stereocenters. The molecule has 29 heavy (non-hydrogen) atoms. The first-order valence-corrected chi connectivity index (χ1v) is 10.8. The molecule has 4 fully saturated rings. The van der Waals surface area contributed by atoms with E-state index >= 15 is 0 Å². The number of ether oxygens (including phenoxy) is 3. The normalized spacial score (nSPS) is 41.0. The zero-order valence-corrected chi connectivity index (χ0v) is 16.9. The fraction of sp³-hybridized carbons (Fsp3) is 0.609. The molecule has 7 rings (SSSR count). The van der Waals surface area contributed by atoms with Gasteiger partial charge in [0.25, 0.3) is 0 Å². The molecule has 0 radical (unpaired) electrons. The van der Waals surface area contributed by atoms with Gasteiger partial charge in [0.05, 0.1) is 45.1 Å². The molecular formula is C23H26N2O4. The van der Waals surface area contributed by atoms with Crippen molar-refractivity contribution in [3.05, 3.63) is 29.3 Å². The van der Waals surface area contributed by atoms with Crippen molar-refractivity contribution < 1.29 is 19.0 Å². The second-order valence-electron chi connectivity index (χ2n) is 9.48. The number of hydrogen-bond donors (Lipinski definition) is 0. The highest BCUT2D eigenvalue weighted by Crippen LogP contribution is 2.66. The molecule has 152 valence electrons. The lowest BCUT2D eigenvalue weighted by atomic mass is 9.53. The Kier molecular flexibility index (Phi) is 3.08. The fourth-order valence-corrected chi connectivity index (χ4v) is 7.87. The van der Waals surface area contributed by atoms with Crippen molar-refractivity contribution in [3.63, 3.8) is 0 Å². The Labute approximate surface area is 170 Å². The van der Waals surface area contributed by atoms with E-state index in [0.29, 0.717) is 36.7 Å². The van der Waals surface area contributed by atoms with Gasteiger partial charge in [0.15, 0.2) is 11.5 Å². The summed E-state index contributed by atoms with van der Waals surface area (Å²) in [6.45, 7) is 2.80. The van der Waals surface area contributed by atoms with Crippen molar-refractivity contribution in [2.45, 2.75) is 42.9 Å². The average Bonchev–Trinajstić information content (AvgIpc) is 3.20. The van der Waals surface area contributed by atoms with Gasteiger partial charge in [0.1, 0.15) is 0 Å². The molecule has 6 nitrogen and oxygen atoms in total. The SMILES string of the molecule is COc1cc2c(cc1OC)[C@]13CCN4CC5=CCO[C@@H]6CC(=O)N2[C@H]1[C@H]6[C@@H]5C[C@H]43.